The Bertz CT molecular complexity index is 376. The summed E-state index contributed by atoms with van der Waals surface area (Å²) in [6.07, 6.45) is 11.4. The third kappa shape index (κ3) is 1.07. The Morgan fingerprint density at radius 3 is 3.21 bits per heavy atom. The van der Waals surface area contributed by atoms with Crippen LogP contribution in [0, 0.1) is 5.92 Å². The molecule has 0 bridgehead atoms. The van der Waals surface area contributed by atoms with Crippen LogP contribution >= 0.6 is 0 Å². The molecule has 3 rings (SSSR count). The Balaban J connectivity index is 1.99. The molecule has 1 atom stereocenters. The minimum Gasteiger partial charge on any atom is -0.316 e. The molecule has 1 unspecified atom stereocenters. The molecule has 0 aromatic carbocycles. The predicted octanol–water partition coefficient (Wildman–Crippen LogP) is 2.01. The van der Waals surface area contributed by atoms with Crippen molar-refractivity contribution in [1.29, 1.82) is 0 Å². The Kier molecular flexibility index (Phi) is 1.63. The molecule has 0 N–H and O–H groups in total. The van der Waals surface area contributed by atoms with Gasteiger partial charge in [0.2, 0.25) is 5.91 Å². The molecule has 3 aliphatic rings. The molecule has 0 spiro atoms. The molecule has 0 saturated carbocycles. The molecule has 2 heterocycles. The number of fused-ring (bicyclic) bond motifs is 2. The van der Waals surface area contributed by atoms with Gasteiger partial charge in [-0.25, -0.2) is 0 Å². The third-order valence-corrected chi connectivity index (χ3v) is 3.30. The fraction of sp³-hybridized carbons (Fsp3) is 0.417. The molecule has 1 fully saturated rings. The number of rotatable bonds is 0. The van der Waals surface area contributed by atoms with E-state index in [0.717, 1.165) is 19.4 Å². The van der Waals surface area contributed by atoms with E-state index in [-0.39, 0.29) is 0 Å². The van der Waals surface area contributed by atoms with E-state index in [0.29, 0.717) is 18.2 Å². The Labute approximate surface area is 83.6 Å². The number of carbonyl (C=O) groups excluding carboxylic acids is 1. The summed E-state index contributed by atoms with van der Waals surface area (Å²) in [4.78, 5) is 13.5. The van der Waals surface area contributed by atoms with Crippen molar-refractivity contribution in [2.24, 2.45) is 5.92 Å². The minimum absolute atomic E-state index is 0.310. The number of hydrogen-bond donors (Lipinski definition) is 0. The quantitative estimate of drug-likeness (QED) is 0.568. The molecule has 1 aliphatic carbocycles. The molecule has 1 amide bonds. The zero-order valence-corrected chi connectivity index (χ0v) is 8.07. The first-order valence-corrected chi connectivity index (χ1v) is 5.22. The molecule has 0 aromatic heterocycles. The van der Waals surface area contributed by atoms with Crippen molar-refractivity contribution in [3.8, 4) is 0 Å². The molecule has 72 valence electrons. The average Bonchev–Trinajstić information content (AvgIpc) is 2.57. The van der Waals surface area contributed by atoms with Gasteiger partial charge in [-0.1, -0.05) is 18.2 Å². The lowest BCUT2D eigenvalue weighted by Gasteiger charge is -2.31. The first kappa shape index (κ1) is 8.04. The highest BCUT2D eigenvalue weighted by molar-refractivity contribution is 5.82. The highest BCUT2D eigenvalue weighted by Gasteiger charge is 2.32. The molecular weight excluding hydrogens is 174 g/mol. The highest BCUT2D eigenvalue weighted by atomic mass is 16.2. The van der Waals surface area contributed by atoms with Gasteiger partial charge < -0.3 is 4.90 Å². The van der Waals surface area contributed by atoms with E-state index < -0.39 is 0 Å². The summed E-state index contributed by atoms with van der Waals surface area (Å²) in [5.74, 6) is 0.857. The standard InChI is InChI=1S/C12H13NO/c14-12-6-5-11-7-9-3-1-2-4-10(9)8-13(11)12/h1-3,7,10H,4-6,8H2. The molecule has 2 heteroatoms. The van der Waals surface area contributed by atoms with E-state index in [4.69, 9.17) is 0 Å². The van der Waals surface area contributed by atoms with E-state index >= 15 is 0 Å². The van der Waals surface area contributed by atoms with Gasteiger partial charge in [0, 0.05) is 24.6 Å². The highest BCUT2D eigenvalue weighted by Crippen LogP contribution is 2.35. The number of allylic oxidation sites excluding steroid dienone is 5. The third-order valence-electron chi connectivity index (χ3n) is 3.30. The van der Waals surface area contributed by atoms with Crippen molar-refractivity contribution in [3.05, 3.63) is 35.6 Å². The smallest absolute Gasteiger partial charge is 0.227 e. The molecule has 0 radical (unpaired) electrons. The van der Waals surface area contributed by atoms with Gasteiger partial charge in [0.05, 0.1) is 0 Å². The van der Waals surface area contributed by atoms with Gasteiger partial charge in [0.25, 0.3) is 0 Å². The summed E-state index contributed by atoms with van der Waals surface area (Å²) in [6, 6.07) is 0. The lowest BCUT2D eigenvalue weighted by atomic mass is 9.88. The van der Waals surface area contributed by atoms with Crippen LogP contribution in [0.1, 0.15) is 19.3 Å². The average molecular weight is 187 g/mol. The van der Waals surface area contributed by atoms with Gasteiger partial charge in [-0.2, -0.15) is 0 Å². The zero-order valence-electron chi connectivity index (χ0n) is 8.07. The number of amides is 1. The minimum atomic E-state index is 0.310. The fourth-order valence-corrected chi connectivity index (χ4v) is 2.49. The Morgan fingerprint density at radius 1 is 1.36 bits per heavy atom. The largest absolute Gasteiger partial charge is 0.316 e. The van der Waals surface area contributed by atoms with Crippen molar-refractivity contribution in [1.82, 2.24) is 4.90 Å². The van der Waals surface area contributed by atoms with Crippen LogP contribution in [0.2, 0.25) is 0 Å². The van der Waals surface area contributed by atoms with E-state index in [1.165, 1.54) is 11.3 Å². The fourth-order valence-electron chi connectivity index (χ4n) is 2.49. The SMILES string of the molecule is O=C1CCC2=CC3=CC=CCC3CN12. The summed E-state index contributed by atoms with van der Waals surface area (Å²) in [6.45, 7) is 0.904. The van der Waals surface area contributed by atoms with Crippen molar-refractivity contribution in [2.75, 3.05) is 6.54 Å². The summed E-state index contributed by atoms with van der Waals surface area (Å²) in [5.41, 5.74) is 2.64. The maximum Gasteiger partial charge on any atom is 0.227 e. The topological polar surface area (TPSA) is 20.3 Å². The van der Waals surface area contributed by atoms with E-state index in [1.54, 1.807) is 0 Å². The lowest BCUT2D eigenvalue weighted by molar-refractivity contribution is -0.127. The normalized spacial score (nSPS) is 29.6. The molecule has 1 saturated heterocycles. The van der Waals surface area contributed by atoms with Crippen LogP contribution in [-0.4, -0.2) is 17.4 Å². The summed E-state index contributed by atoms with van der Waals surface area (Å²) >= 11 is 0. The van der Waals surface area contributed by atoms with Crippen molar-refractivity contribution in [2.45, 2.75) is 19.3 Å². The van der Waals surface area contributed by atoms with Gasteiger partial charge in [0.1, 0.15) is 0 Å². The second-order valence-electron chi connectivity index (χ2n) is 4.17. The maximum absolute atomic E-state index is 11.5. The van der Waals surface area contributed by atoms with Crippen LogP contribution in [0.3, 0.4) is 0 Å². The van der Waals surface area contributed by atoms with Crippen LogP contribution in [0.15, 0.2) is 35.6 Å². The lowest BCUT2D eigenvalue weighted by Crippen LogP contribution is -2.33. The summed E-state index contributed by atoms with van der Waals surface area (Å²) in [5, 5.41) is 0. The maximum atomic E-state index is 11.5. The number of nitrogens with zero attached hydrogens (tertiary/aromatic N) is 1. The van der Waals surface area contributed by atoms with Crippen LogP contribution in [0.5, 0.6) is 0 Å². The molecule has 2 aliphatic heterocycles. The summed E-state index contributed by atoms with van der Waals surface area (Å²) < 4.78 is 0. The number of hydrogen-bond acceptors (Lipinski definition) is 1. The zero-order chi connectivity index (χ0) is 9.54. The second kappa shape index (κ2) is 2.84. The molecule has 2 nitrogen and oxygen atoms in total. The Morgan fingerprint density at radius 2 is 2.29 bits per heavy atom. The second-order valence-corrected chi connectivity index (χ2v) is 4.17. The first-order valence-electron chi connectivity index (χ1n) is 5.22. The van der Waals surface area contributed by atoms with Gasteiger partial charge >= 0.3 is 0 Å². The van der Waals surface area contributed by atoms with Crippen LogP contribution in [-0.2, 0) is 4.79 Å². The first-order chi connectivity index (χ1) is 6.84. The van der Waals surface area contributed by atoms with Crippen LogP contribution in [0.25, 0.3) is 0 Å². The van der Waals surface area contributed by atoms with Crippen molar-refractivity contribution in [3.63, 3.8) is 0 Å². The Hall–Kier alpha value is -1.31. The summed E-state index contributed by atoms with van der Waals surface area (Å²) in [7, 11) is 0. The monoisotopic (exact) mass is 187 g/mol. The van der Waals surface area contributed by atoms with Gasteiger partial charge in [-0.3, -0.25) is 4.79 Å². The van der Waals surface area contributed by atoms with E-state index in [9.17, 15) is 4.79 Å². The van der Waals surface area contributed by atoms with Gasteiger partial charge in [0.15, 0.2) is 0 Å². The van der Waals surface area contributed by atoms with Crippen LogP contribution in [0.4, 0.5) is 0 Å². The van der Waals surface area contributed by atoms with E-state index in [1.807, 2.05) is 4.90 Å². The van der Waals surface area contributed by atoms with E-state index in [2.05, 4.69) is 24.3 Å². The van der Waals surface area contributed by atoms with Crippen molar-refractivity contribution >= 4 is 5.91 Å². The molecule has 14 heavy (non-hydrogen) atoms. The molecule has 0 aromatic rings. The van der Waals surface area contributed by atoms with Gasteiger partial charge in [-0.05, 0) is 24.5 Å². The predicted molar refractivity (Wildman–Crippen MR) is 54.4 cm³/mol. The number of carbonyl (C=O) groups is 1. The van der Waals surface area contributed by atoms with Crippen LogP contribution < -0.4 is 0 Å². The van der Waals surface area contributed by atoms with Crippen molar-refractivity contribution < 1.29 is 4.79 Å². The van der Waals surface area contributed by atoms with Gasteiger partial charge in [-0.15, -0.1) is 0 Å². The molecular formula is C12H13NO.